The molecular formula is C16H18N3OP. The highest BCUT2D eigenvalue weighted by atomic mass is 31.0. The van der Waals surface area contributed by atoms with Crippen LogP contribution in [0.2, 0.25) is 0 Å². The van der Waals surface area contributed by atoms with E-state index in [0.29, 0.717) is 11.3 Å². The van der Waals surface area contributed by atoms with Gasteiger partial charge >= 0.3 is 0 Å². The monoisotopic (exact) mass is 299 g/mol. The number of unbranched alkanes of at least 4 members (excludes halogenated alkanes) is 2. The number of carbonyl (C=O) groups is 1. The Morgan fingerprint density at radius 1 is 1.29 bits per heavy atom. The lowest BCUT2D eigenvalue weighted by Gasteiger charge is -2.07. The van der Waals surface area contributed by atoms with Gasteiger partial charge in [-0.15, -0.1) is 9.24 Å². The smallest absolute Gasteiger partial charge is 0.174 e. The Bertz CT molecular complexity index is 650. The fraction of sp³-hybridized carbons (Fsp3) is 0.312. The van der Waals surface area contributed by atoms with Crippen LogP contribution in [0, 0.1) is 22.7 Å². The zero-order chi connectivity index (χ0) is 15.8. The maximum absolute atomic E-state index is 12.1. The Balaban J connectivity index is 3.22. The second kappa shape index (κ2) is 8.20. The summed E-state index contributed by atoms with van der Waals surface area (Å²) in [7, 11) is 2.51. The number of allylic oxidation sites excluding steroid dienone is 2. The molecule has 0 aromatic heterocycles. The molecule has 1 atom stereocenters. The van der Waals surface area contributed by atoms with E-state index in [1.165, 1.54) is 0 Å². The lowest BCUT2D eigenvalue weighted by atomic mass is 9.95. The first kappa shape index (κ1) is 16.9. The molecule has 1 aromatic carbocycles. The summed E-state index contributed by atoms with van der Waals surface area (Å²) < 4.78 is 0. The summed E-state index contributed by atoms with van der Waals surface area (Å²) >= 11 is 0. The SMILES string of the molecule is CCCCCC(=O)/C(C#N)=C(/C#N)c1ccc(P)cc1N. The number of nitriles is 2. The van der Waals surface area contributed by atoms with Gasteiger partial charge in [0.1, 0.15) is 17.7 Å². The van der Waals surface area contributed by atoms with E-state index >= 15 is 0 Å². The maximum atomic E-state index is 12.1. The van der Waals surface area contributed by atoms with Crippen molar-refractivity contribution >= 4 is 31.6 Å². The molecule has 0 spiro atoms. The molecule has 0 saturated carbocycles. The highest BCUT2D eigenvalue weighted by Gasteiger charge is 2.18. The minimum atomic E-state index is -0.295. The van der Waals surface area contributed by atoms with Crippen molar-refractivity contribution in [1.82, 2.24) is 0 Å². The summed E-state index contributed by atoms with van der Waals surface area (Å²) in [4.78, 5) is 12.1. The van der Waals surface area contributed by atoms with E-state index in [9.17, 15) is 15.3 Å². The molecular weight excluding hydrogens is 281 g/mol. The molecule has 5 heteroatoms. The lowest BCUT2D eigenvalue weighted by molar-refractivity contribution is -0.115. The zero-order valence-corrected chi connectivity index (χ0v) is 13.2. The summed E-state index contributed by atoms with van der Waals surface area (Å²) in [5, 5.41) is 19.4. The first-order valence-electron chi connectivity index (χ1n) is 6.78. The fourth-order valence-corrected chi connectivity index (χ4v) is 2.25. The average Bonchev–Trinajstić information content (AvgIpc) is 2.45. The zero-order valence-electron chi connectivity index (χ0n) is 12.0. The predicted octanol–water partition coefficient (Wildman–Crippen LogP) is 2.72. The molecule has 1 unspecified atom stereocenters. The van der Waals surface area contributed by atoms with Gasteiger partial charge in [0.25, 0.3) is 0 Å². The molecule has 1 aromatic rings. The van der Waals surface area contributed by atoms with Crippen molar-refractivity contribution in [3.63, 3.8) is 0 Å². The van der Waals surface area contributed by atoms with E-state index in [0.717, 1.165) is 24.6 Å². The third kappa shape index (κ3) is 4.42. The summed E-state index contributed by atoms with van der Waals surface area (Å²) in [5.74, 6) is -0.295. The molecule has 21 heavy (non-hydrogen) atoms. The number of hydrogen-bond acceptors (Lipinski definition) is 4. The molecule has 4 nitrogen and oxygen atoms in total. The lowest BCUT2D eigenvalue weighted by Crippen LogP contribution is -2.06. The number of ketones is 1. The Labute approximate surface area is 127 Å². The number of Topliss-reactive ketones (excluding diaryl/α,β-unsaturated/α-hetero) is 1. The minimum absolute atomic E-state index is 0.0569. The molecule has 108 valence electrons. The van der Waals surface area contributed by atoms with Crippen LogP contribution in [0.5, 0.6) is 0 Å². The first-order valence-corrected chi connectivity index (χ1v) is 7.35. The molecule has 0 fully saturated rings. The third-order valence-corrected chi connectivity index (χ3v) is 3.46. The Kier molecular flexibility index (Phi) is 6.60. The van der Waals surface area contributed by atoms with E-state index < -0.39 is 0 Å². The second-order valence-electron chi connectivity index (χ2n) is 4.70. The quantitative estimate of drug-likeness (QED) is 0.287. The van der Waals surface area contributed by atoms with Crippen molar-refractivity contribution in [1.29, 1.82) is 10.5 Å². The topological polar surface area (TPSA) is 90.7 Å². The first-order chi connectivity index (χ1) is 10.0. The van der Waals surface area contributed by atoms with Gasteiger partial charge in [-0.05, 0) is 17.8 Å². The average molecular weight is 299 g/mol. The normalized spacial score (nSPS) is 11.2. The molecule has 1 rings (SSSR count). The van der Waals surface area contributed by atoms with Crippen molar-refractivity contribution < 1.29 is 4.79 Å². The van der Waals surface area contributed by atoms with Crippen LogP contribution in [0.3, 0.4) is 0 Å². The molecule has 0 radical (unpaired) electrons. The molecule has 0 heterocycles. The van der Waals surface area contributed by atoms with Crippen LogP contribution in [0.15, 0.2) is 23.8 Å². The van der Waals surface area contributed by atoms with Crippen LogP contribution >= 0.6 is 9.24 Å². The summed E-state index contributed by atoms with van der Waals surface area (Å²) in [6.45, 7) is 2.04. The second-order valence-corrected chi connectivity index (χ2v) is 5.37. The van der Waals surface area contributed by atoms with Gasteiger partial charge in [0, 0.05) is 17.7 Å². The van der Waals surface area contributed by atoms with Crippen molar-refractivity contribution in [3.05, 3.63) is 29.3 Å². The van der Waals surface area contributed by atoms with Gasteiger partial charge in [-0.3, -0.25) is 4.79 Å². The number of benzene rings is 1. The molecule has 2 N–H and O–H groups in total. The summed E-state index contributed by atoms with van der Waals surface area (Å²) in [6.07, 6.45) is 2.92. The van der Waals surface area contributed by atoms with E-state index in [-0.39, 0.29) is 23.4 Å². The van der Waals surface area contributed by atoms with Gasteiger partial charge in [0.2, 0.25) is 0 Å². The van der Waals surface area contributed by atoms with Gasteiger partial charge in [-0.1, -0.05) is 31.9 Å². The fourth-order valence-electron chi connectivity index (χ4n) is 1.98. The Morgan fingerprint density at radius 2 is 2.00 bits per heavy atom. The number of nitrogens with zero attached hydrogens (tertiary/aromatic N) is 2. The number of carbonyl (C=O) groups excluding carboxylic acids is 1. The van der Waals surface area contributed by atoms with Crippen molar-refractivity contribution in [3.8, 4) is 12.1 Å². The molecule has 0 bridgehead atoms. The van der Waals surface area contributed by atoms with Crippen molar-refractivity contribution in [2.45, 2.75) is 32.6 Å². The molecule has 0 aliphatic rings. The predicted molar refractivity (Wildman–Crippen MR) is 87.5 cm³/mol. The number of anilines is 1. The minimum Gasteiger partial charge on any atom is -0.398 e. The molecule has 0 aliphatic carbocycles. The van der Waals surface area contributed by atoms with Gasteiger partial charge in [-0.2, -0.15) is 10.5 Å². The van der Waals surface area contributed by atoms with E-state index in [2.05, 4.69) is 9.24 Å². The van der Waals surface area contributed by atoms with Crippen molar-refractivity contribution in [2.24, 2.45) is 0 Å². The van der Waals surface area contributed by atoms with Crippen LogP contribution in [-0.4, -0.2) is 5.78 Å². The van der Waals surface area contributed by atoms with E-state index in [1.54, 1.807) is 18.2 Å². The summed E-state index contributed by atoms with van der Waals surface area (Å²) in [5.41, 5.74) is 6.67. The van der Waals surface area contributed by atoms with E-state index in [4.69, 9.17) is 5.73 Å². The van der Waals surface area contributed by atoms with Crippen LogP contribution in [0.25, 0.3) is 5.57 Å². The standard InChI is InChI=1S/C16H18N3OP/c1-2-3-4-5-16(20)14(10-18)13(9-17)12-7-6-11(21)8-15(12)19/h6-8H,2-5,19,21H2,1H3/b14-13-. The highest BCUT2D eigenvalue weighted by molar-refractivity contribution is 7.27. The number of hydrogen-bond donors (Lipinski definition) is 1. The van der Waals surface area contributed by atoms with E-state index in [1.807, 2.05) is 19.1 Å². The largest absolute Gasteiger partial charge is 0.398 e. The highest BCUT2D eigenvalue weighted by Crippen LogP contribution is 2.25. The van der Waals surface area contributed by atoms with Crippen LogP contribution in [0.1, 0.15) is 38.2 Å². The Morgan fingerprint density at radius 3 is 2.52 bits per heavy atom. The van der Waals surface area contributed by atoms with Gasteiger partial charge in [0.05, 0.1) is 5.57 Å². The maximum Gasteiger partial charge on any atom is 0.174 e. The molecule has 0 amide bonds. The van der Waals surface area contributed by atoms with Crippen LogP contribution in [0.4, 0.5) is 5.69 Å². The number of nitrogen functional groups attached to an aromatic ring is 1. The third-order valence-electron chi connectivity index (χ3n) is 3.10. The van der Waals surface area contributed by atoms with Crippen LogP contribution in [-0.2, 0) is 4.79 Å². The Hall–Kier alpha value is -2.16. The number of rotatable bonds is 6. The van der Waals surface area contributed by atoms with Crippen molar-refractivity contribution in [2.75, 3.05) is 5.73 Å². The number of nitrogens with two attached hydrogens (primary N) is 1. The van der Waals surface area contributed by atoms with Gasteiger partial charge in [-0.25, -0.2) is 0 Å². The molecule has 0 aliphatic heterocycles. The summed E-state index contributed by atoms with van der Waals surface area (Å²) in [6, 6.07) is 8.93. The van der Waals surface area contributed by atoms with Gasteiger partial charge in [0.15, 0.2) is 5.78 Å². The van der Waals surface area contributed by atoms with Gasteiger partial charge < -0.3 is 5.73 Å². The molecule has 0 saturated heterocycles. The van der Waals surface area contributed by atoms with Crippen LogP contribution < -0.4 is 11.0 Å².